The number of rotatable bonds is 10. The lowest BCUT2D eigenvalue weighted by Gasteiger charge is -2.42. The number of thiol groups is 2. The van der Waals surface area contributed by atoms with Gasteiger partial charge < -0.3 is 10.6 Å². The minimum atomic E-state index is -0.456. The van der Waals surface area contributed by atoms with E-state index in [0.717, 1.165) is 38.1 Å². The summed E-state index contributed by atoms with van der Waals surface area (Å²) in [4.78, 5) is 19.5. The molecule has 1 aliphatic carbocycles. The SMILES string of the molecule is CCCN(CCS)C1CC(C(=O)Nc2cc(Nc3cc(-c4cc(Cl)ccc4F)nnc3S)ccn2)C1. The molecule has 190 valence electrons. The van der Waals surface area contributed by atoms with Crippen molar-refractivity contribution in [2.24, 2.45) is 5.92 Å². The van der Waals surface area contributed by atoms with Gasteiger partial charge in [0.25, 0.3) is 0 Å². The van der Waals surface area contributed by atoms with Gasteiger partial charge in [0.05, 0.1) is 11.4 Å². The number of hydrogen-bond acceptors (Lipinski definition) is 8. The molecule has 36 heavy (non-hydrogen) atoms. The molecule has 0 atom stereocenters. The molecule has 0 saturated heterocycles. The van der Waals surface area contributed by atoms with E-state index in [1.54, 1.807) is 24.4 Å². The molecular weight excluding hydrogens is 519 g/mol. The van der Waals surface area contributed by atoms with E-state index in [2.05, 4.69) is 62.9 Å². The van der Waals surface area contributed by atoms with Crippen LogP contribution >= 0.6 is 36.9 Å². The zero-order valence-electron chi connectivity index (χ0n) is 19.8. The summed E-state index contributed by atoms with van der Waals surface area (Å²) < 4.78 is 14.3. The van der Waals surface area contributed by atoms with E-state index >= 15 is 0 Å². The van der Waals surface area contributed by atoms with Crippen molar-refractivity contribution in [2.45, 2.75) is 37.3 Å². The molecule has 3 aromatic rings. The highest BCUT2D eigenvalue weighted by molar-refractivity contribution is 7.80. The van der Waals surface area contributed by atoms with Crippen molar-refractivity contribution in [3.63, 3.8) is 0 Å². The van der Waals surface area contributed by atoms with E-state index in [-0.39, 0.29) is 17.4 Å². The van der Waals surface area contributed by atoms with Crippen LogP contribution in [0.1, 0.15) is 26.2 Å². The van der Waals surface area contributed by atoms with Gasteiger partial charge in [-0.25, -0.2) is 9.37 Å². The summed E-state index contributed by atoms with van der Waals surface area (Å²) in [6.45, 7) is 4.13. The van der Waals surface area contributed by atoms with E-state index in [1.165, 1.54) is 18.2 Å². The monoisotopic (exact) mass is 546 g/mol. The average molecular weight is 547 g/mol. The number of hydrogen-bond donors (Lipinski definition) is 4. The minimum absolute atomic E-state index is 0.0302. The van der Waals surface area contributed by atoms with E-state index in [9.17, 15) is 9.18 Å². The Morgan fingerprint density at radius 1 is 1.19 bits per heavy atom. The molecule has 1 saturated carbocycles. The molecule has 2 heterocycles. The number of halogens is 2. The summed E-state index contributed by atoms with van der Waals surface area (Å²) in [6.07, 6.45) is 4.36. The molecule has 1 fully saturated rings. The second kappa shape index (κ2) is 12.2. The predicted molar refractivity (Wildman–Crippen MR) is 148 cm³/mol. The molecule has 0 bridgehead atoms. The third kappa shape index (κ3) is 6.47. The maximum absolute atomic E-state index is 14.3. The summed E-state index contributed by atoms with van der Waals surface area (Å²) in [6, 6.07) is 9.80. The van der Waals surface area contributed by atoms with Crippen molar-refractivity contribution in [1.82, 2.24) is 20.1 Å². The molecule has 1 aromatic carbocycles. The smallest absolute Gasteiger partial charge is 0.228 e. The van der Waals surface area contributed by atoms with Crippen molar-refractivity contribution in [2.75, 3.05) is 29.5 Å². The lowest BCUT2D eigenvalue weighted by Crippen LogP contribution is -2.49. The Morgan fingerprint density at radius 3 is 2.75 bits per heavy atom. The molecule has 11 heteroatoms. The van der Waals surface area contributed by atoms with Gasteiger partial charge >= 0.3 is 0 Å². The highest BCUT2D eigenvalue weighted by Crippen LogP contribution is 2.33. The fourth-order valence-corrected chi connectivity index (χ4v) is 4.85. The molecule has 1 aliphatic rings. The molecule has 4 rings (SSSR count). The fourth-order valence-electron chi connectivity index (χ4n) is 4.26. The Kier molecular flexibility index (Phi) is 9.05. The lowest BCUT2D eigenvalue weighted by atomic mass is 9.78. The average Bonchev–Trinajstić information content (AvgIpc) is 2.82. The summed E-state index contributed by atoms with van der Waals surface area (Å²) in [5.41, 5.74) is 1.73. The number of carbonyl (C=O) groups excluding carboxylic acids is 1. The van der Waals surface area contributed by atoms with E-state index in [0.29, 0.717) is 39.0 Å². The molecule has 2 N–H and O–H groups in total. The normalized spacial score (nSPS) is 17.1. The number of anilines is 3. The molecular formula is C25H28ClFN6OS2. The first-order valence-electron chi connectivity index (χ1n) is 11.8. The van der Waals surface area contributed by atoms with Crippen LogP contribution in [-0.2, 0) is 4.79 Å². The van der Waals surface area contributed by atoms with Gasteiger partial charge in [0, 0.05) is 52.8 Å². The Labute approximate surface area is 226 Å². The topological polar surface area (TPSA) is 83.0 Å². The zero-order chi connectivity index (χ0) is 25.7. The van der Waals surface area contributed by atoms with Crippen LogP contribution in [0.4, 0.5) is 21.6 Å². The highest BCUT2D eigenvalue weighted by atomic mass is 35.5. The van der Waals surface area contributed by atoms with E-state index in [4.69, 9.17) is 11.6 Å². The van der Waals surface area contributed by atoms with Gasteiger partial charge in [-0.1, -0.05) is 18.5 Å². The first-order valence-corrected chi connectivity index (χ1v) is 13.2. The number of pyridine rings is 1. The van der Waals surface area contributed by atoms with Gasteiger partial charge in [-0.2, -0.15) is 12.6 Å². The van der Waals surface area contributed by atoms with Crippen LogP contribution in [0.5, 0.6) is 0 Å². The molecule has 0 spiro atoms. The number of nitrogens with one attached hydrogen (secondary N) is 2. The van der Waals surface area contributed by atoms with E-state index in [1.807, 2.05) is 0 Å². The second-order valence-electron chi connectivity index (χ2n) is 8.72. The van der Waals surface area contributed by atoms with Crippen LogP contribution in [0.25, 0.3) is 11.3 Å². The van der Waals surface area contributed by atoms with Gasteiger partial charge in [0.2, 0.25) is 5.91 Å². The number of nitrogens with zero attached hydrogens (tertiary/aromatic N) is 4. The number of benzene rings is 1. The van der Waals surface area contributed by atoms with Gasteiger partial charge in [-0.05, 0) is 56.1 Å². The van der Waals surface area contributed by atoms with Gasteiger partial charge in [0.1, 0.15) is 16.7 Å². The third-order valence-corrected chi connectivity index (χ3v) is 6.93. The Bertz CT molecular complexity index is 1220. The summed E-state index contributed by atoms with van der Waals surface area (Å²) in [5.74, 6) is 0.738. The zero-order valence-corrected chi connectivity index (χ0v) is 22.3. The van der Waals surface area contributed by atoms with Crippen LogP contribution in [0, 0.1) is 11.7 Å². The standard InChI is InChI=1S/C25H28ClFN6OS2/c1-2-7-33(8-9-35)18-10-15(11-18)24(34)30-23-13-17(5-6-28-23)29-22-14-21(31-32-25(22)36)19-12-16(26)3-4-20(19)27/h3-6,12-15,18,35H,2,7-11H2,1H3,(H,32,36)(H2,28,29,30,31,34). The van der Waals surface area contributed by atoms with Gasteiger partial charge in [-0.3, -0.25) is 9.69 Å². The molecule has 0 unspecified atom stereocenters. The molecule has 0 radical (unpaired) electrons. The van der Waals surface area contributed by atoms with E-state index < -0.39 is 5.82 Å². The van der Waals surface area contributed by atoms with Crippen molar-refractivity contribution < 1.29 is 9.18 Å². The number of aromatic nitrogens is 3. The van der Waals surface area contributed by atoms with Crippen LogP contribution < -0.4 is 10.6 Å². The Balaban J connectivity index is 1.41. The maximum atomic E-state index is 14.3. The van der Waals surface area contributed by atoms with Crippen molar-refractivity contribution in [1.29, 1.82) is 0 Å². The van der Waals surface area contributed by atoms with Crippen LogP contribution in [0.2, 0.25) is 5.02 Å². The summed E-state index contributed by atoms with van der Waals surface area (Å²) in [7, 11) is 0. The summed E-state index contributed by atoms with van der Waals surface area (Å²) >= 11 is 14.7. The minimum Gasteiger partial charge on any atom is -0.353 e. The van der Waals surface area contributed by atoms with Crippen molar-refractivity contribution >= 4 is 60.0 Å². The van der Waals surface area contributed by atoms with Crippen LogP contribution in [-0.4, -0.2) is 50.9 Å². The fraction of sp³-hybridized carbons (Fsp3) is 0.360. The number of amides is 1. The largest absolute Gasteiger partial charge is 0.353 e. The molecule has 0 aliphatic heterocycles. The molecule has 1 amide bonds. The lowest BCUT2D eigenvalue weighted by molar-refractivity contribution is -0.124. The van der Waals surface area contributed by atoms with Gasteiger partial charge in [0.15, 0.2) is 0 Å². The van der Waals surface area contributed by atoms with Crippen LogP contribution in [0.15, 0.2) is 47.6 Å². The highest BCUT2D eigenvalue weighted by Gasteiger charge is 2.37. The predicted octanol–water partition coefficient (Wildman–Crippen LogP) is 5.72. The Morgan fingerprint density at radius 2 is 2.00 bits per heavy atom. The quantitative estimate of drug-likeness (QED) is 0.243. The van der Waals surface area contributed by atoms with Crippen molar-refractivity contribution in [3.05, 3.63) is 53.4 Å². The number of carbonyl (C=O) groups is 1. The second-order valence-corrected chi connectivity index (χ2v) is 10.0. The first kappa shape index (κ1) is 26.7. The maximum Gasteiger partial charge on any atom is 0.228 e. The molecule has 2 aromatic heterocycles. The first-order chi connectivity index (χ1) is 17.4. The third-order valence-electron chi connectivity index (χ3n) is 6.17. The van der Waals surface area contributed by atoms with Crippen LogP contribution in [0.3, 0.4) is 0 Å². The Hall–Kier alpha value is -2.40. The molecule has 7 nitrogen and oxygen atoms in total. The van der Waals surface area contributed by atoms with Crippen molar-refractivity contribution in [3.8, 4) is 11.3 Å². The summed E-state index contributed by atoms with van der Waals surface area (Å²) in [5, 5.41) is 14.9. The van der Waals surface area contributed by atoms with Gasteiger partial charge in [-0.15, -0.1) is 22.8 Å².